The van der Waals surface area contributed by atoms with Crippen molar-refractivity contribution in [3.63, 3.8) is 0 Å². The van der Waals surface area contributed by atoms with E-state index < -0.39 is 0 Å². The molecule has 1 aromatic heterocycles. The predicted molar refractivity (Wildman–Crippen MR) is 73.9 cm³/mol. The van der Waals surface area contributed by atoms with Gasteiger partial charge in [0.15, 0.2) is 0 Å². The molecular weight excluding hydrogens is 278 g/mol. The summed E-state index contributed by atoms with van der Waals surface area (Å²) in [5, 5.41) is 3.51. The summed E-state index contributed by atoms with van der Waals surface area (Å²) in [6, 6.07) is 1.95. The molecule has 17 heavy (non-hydrogen) atoms. The van der Waals surface area contributed by atoms with Crippen molar-refractivity contribution in [2.45, 2.75) is 45.6 Å². The van der Waals surface area contributed by atoms with Gasteiger partial charge in [-0.1, -0.05) is 26.2 Å². The molecule has 1 heterocycles. The van der Waals surface area contributed by atoms with Gasteiger partial charge in [0.1, 0.15) is 5.76 Å². The van der Waals surface area contributed by atoms with E-state index in [1.807, 2.05) is 6.07 Å². The van der Waals surface area contributed by atoms with Crippen LogP contribution in [0, 0.1) is 11.8 Å². The highest BCUT2D eigenvalue weighted by molar-refractivity contribution is 9.10. The Balaban J connectivity index is 1.65. The molecule has 0 saturated heterocycles. The zero-order valence-electron chi connectivity index (χ0n) is 10.5. The largest absolute Gasteiger partial charge is 0.467 e. The smallest absolute Gasteiger partial charge is 0.131 e. The third kappa shape index (κ3) is 3.85. The second-order valence-electron chi connectivity index (χ2n) is 5.12. The number of hydrogen-bond acceptors (Lipinski definition) is 2. The van der Waals surface area contributed by atoms with E-state index in [4.69, 9.17) is 4.42 Å². The van der Waals surface area contributed by atoms with Crippen LogP contribution in [0.4, 0.5) is 0 Å². The summed E-state index contributed by atoms with van der Waals surface area (Å²) in [6.45, 7) is 4.28. The molecular formula is C14H22BrNO. The predicted octanol–water partition coefficient (Wildman–Crippen LogP) is 4.35. The first-order valence-corrected chi connectivity index (χ1v) is 7.51. The van der Waals surface area contributed by atoms with E-state index in [1.54, 1.807) is 6.26 Å². The maximum atomic E-state index is 5.38. The van der Waals surface area contributed by atoms with E-state index in [2.05, 4.69) is 28.2 Å². The number of nitrogens with one attached hydrogen (secondary N) is 1. The lowest BCUT2D eigenvalue weighted by Crippen LogP contribution is -2.26. The lowest BCUT2D eigenvalue weighted by molar-refractivity contribution is 0.261. The summed E-state index contributed by atoms with van der Waals surface area (Å²) in [5.41, 5.74) is 0. The van der Waals surface area contributed by atoms with Crippen molar-refractivity contribution in [2.24, 2.45) is 11.8 Å². The van der Waals surface area contributed by atoms with E-state index in [-0.39, 0.29) is 0 Å². The van der Waals surface area contributed by atoms with E-state index in [9.17, 15) is 0 Å². The quantitative estimate of drug-likeness (QED) is 0.874. The summed E-state index contributed by atoms with van der Waals surface area (Å²) < 4.78 is 6.45. The number of halogens is 1. The minimum absolute atomic E-state index is 0.835. The van der Waals surface area contributed by atoms with E-state index in [0.717, 1.165) is 35.2 Å². The molecule has 1 saturated carbocycles. The highest BCUT2D eigenvalue weighted by atomic mass is 79.9. The third-order valence-electron chi connectivity index (χ3n) is 3.95. The molecule has 0 atom stereocenters. The standard InChI is InChI=1S/C14H22BrNO/c1-2-11-3-5-12(6-4-11)9-16-10-14-13(15)7-8-17-14/h7-8,11-12,16H,2-6,9-10H2,1H3. The first-order chi connectivity index (χ1) is 8.29. The van der Waals surface area contributed by atoms with Crippen molar-refractivity contribution in [2.75, 3.05) is 6.54 Å². The van der Waals surface area contributed by atoms with Gasteiger partial charge in [-0.2, -0.15) is 0 Å². The molecule has 0 radical (unpaired) electrons. The lowest BCUT2D eigenvalue weighted by Gasteiger charge is -2.27. The highest BCUT2D eigenvalue weighted by Gasteiger charge is 2.19. The number of hydrogen-bond donors (Lipinski definition) is 1. The van der Waals surface area contributed by atoms with Crippen molar-refractivity contribution in [1.82, 2.24) is 5.32 Å². The lowest BCUT2D eigenvalue weighted by atomic mass is 9.81. The Bertz CT molecular complexity index is 329. The highest BCUT2D eigenvalue weighted by Crippen LogP contribution is 2.30. The monoisotopic (exact) mass is 299 g/mol. The Labute approximate surface area is 112 Å². The SMILES string of the molecule is CCC1CCC(CNCc2occc2Br)CC1. The topological polar surface area (TPSA) is 25.2 Å². The normalized spacial score (nSPS) is 25.1. The van der Waals surface area contributed by atoms with Crippen molar-refractivity contribution in [3.05, 3.63) is 22.6 Å². The van der Waals surface area contributed by atoms with Gasteiger partial charge in [0.2, 0.25) is 0 Å². The van der Waals surface area contributed by atoms with Gasteiger partial charge in [0, 0.05) is 0 Å². The van der Waals surface area contributed by atoms with Gasteiger partial charge in [0.25, 0.3) is 0 Å². The van der Waals surface area contributed by atoms with Crippen LogP contribution in [0.3, 0.4) is 0 Å². The van der Waals surface area contributed by atoms with Crippen LogP contribution in [0.1, 0.15) is 44.8 Å². The zero-order valence-corrected chi connectivity index (χ0v) is 12.1. The summed E-state index contributed by atoms with van der Waals surface area (Å²) in [6.07, 6.45) is 8.73. The van der Waals surface area contributed by atoms with Gasteiger partial charge >= 0.3 is 0 Å². The average molecular weight is 300 g/mol. The van der Waals surface area contributed by atoms with E-state index in [0.29, 0.717) is 0 Å². The average Bonchev–Trinajstić information content (AvgIpc) is 2.76. The number of rotatable bonds is 5. The van der Waals surface area contributed by atoms with Crippen molar-refractivity contribution < 1.29 is 4.42 Å². The van der Waals surface area contributed by atoms with Crippen molar-refractivity contribution in [1.29, 1.82) is 0 Å². The Kier molecular flexibility index (Phi) is 5.11. The van der Waals surface area contributed by atoms with Crippen LogP contribution in [0.5, 0.6) is 0 Å². The van der Waals surface area contributed by atoms with Gasteiger partial charge in [-0.05, 0) is 53.2 Å². The molecule has 1 aromatic rings. The molecule has 0 aromatic carbocycles. The molecule has 3 heteroatoms. The molecule has 2 rings (SSSR count). The fraction of sp³-hybridized carbons (Fsp3) is 0.714. The van der Waals surface area contributed by atoms with Crippen LogP contribution < -0.4 is 5.32 Å². The Morgan fingerprint density at radius 3 is 2.59 bits per heavy atom. The van der Waals surface area contributed by atoms with Crippen molar-refractivity contribution >= 4 is 15.9 Å². The molecule has 2 nitrogen and oxygen atoms in total. The van der Waals surface area contributed by atoms with Gasteiger partial charge < -0.3 is 9.73 Å². The molecule has 0 amide bonds. The zero-order chi connectivity index (χ0) is 12.1. The minimum Gasteiger partial charge on any atom is -0.467 e. The molecule has 1 aliphatic carbocycles. The fourth-order valence-corrected chi connectivity index (χ4v) is 3.03. The molecule has 1 fully saturated rings. The molecule has 0 bridgehead atoms. The summed E-state index contributed by atoms with van der Waals surface area (Å²) >= 11 is 3.48. The van der Waals surface area contributed by atoms with Crippen LogP contribution >= 0.6 is 15.9 Å². The minimum atomic E-state index is 0.835. The maximum absolute atomic E-state index is 5.38. The van der Waals surface area contributed by atoms with Gasteiger partial charge in [0.05, 0.1) is 17.3 Å². The van der Waals surface area contributed by atoms with Crippen LogP contribution in [0.2, 0.25) is 0 Å². The maximum Gasteiger partial charge on any atom is 0.131 e. The van der Waals surface area contributed by atoms with Gasteiger partial charge in [-0.3, -0.25) is 0 Å². The molecule has 0 spiro atoms. The number of furan rings is 1. The van der Waals surface area contributed by atoms with Crippen LogP contribution in [-0.2, 0) is 6.54 Å². The van der Waals surface area contributed by atoms with E-state index in [1.165, 1.54) is 32.1 Å². The van der Waals surface area contributed by atoms with E-state index >= 15 is 0 Å². The Hall–Kier alpha value is -0.280. The first-order valence-electron chi connectivity index (χ1n) is 6.72. The first kappa shape index (κ1) is 13.2. The third-order valence-corrected chi connectivity index (χ3v) is 4.66. The Morgan fingerprint density at radius 1 is 1.29 bits per heavy atom. The van der Waals surface area contributed by atoms with Crippen LogP contribution in [0.15, 0.2) is 21.2 Å². The summed E-state index contributed by atoms with van der Waals surface area (Å²) in [4.78, 5) is 0. The van der Waals surface area contributed by atoms with Gasteiger partial charge in [-0.25, -0.2) is 0 Å². The molecule has 0 aliphatic heterocycles. The molecule has 0 unspecified atom stereocenters. The van der Waals surface area contributed by atoms with Crippen molar-refractivity contribution in [3.8, 4) is 0 Å². The van der Waals surface area contributed by atoms with Gasteiger partial charge in [-0.15, -0.1) is 0 Å². The van der Waals surface area contributed by atoms with Crippen LogP contribution in [-0.4, -0.2) is 6.54 Å². The summed E-state index contributed by atoms with van der Waals surface area (Å²) in [7, 11) is 0. The molecule has 1 aliphatic rings. The second kappa shape index (κ2) is 6.60. The second-order valence-corrected chi connectivity index (χ2v) is 5.97. The molecule has 96 valence electrons. The molecule has 1 N–H and O–H groups in total. The Morgan fingerprint density at radius 2 is 2.00 bits per heavy atom. The fourth-order valence-electron chi connectivity index (χ4n) is 2.68. The van der Waals surface area contributed by atoms with Crippen LogP contribution in [0.25, 0.3) is 0 Å². The summed E-state index contributed by atoms with van der Waals surface area (Å²) in [5.74, 6) is 2.87.